The zero-order chi connectivity index (χ0) is 8.69. The predicted molar refractivity (Wildman–Crippen MR) is 49.0 cm³/mol. The molecular formula is C6H15N3OS. The van der Waals surface area contributed by atoms with E-state index in [0.29, 0.717) is 0 Å². The van der Waals surface area contributed by atoms with Crippen LogP contribution < -0.4 is 11.2 Å². The molecule has 0 bridgehead atoms. The molecule has 0 aliphatic carbocycles. The van der Waals surface area contributed by atoms with Gasteiger partial charge in [-0.15, -0.1) is 0 Å². The van der Waals surface area contributed by atoms with Gasteiger partial charge in [-0.3, -0.25) is 5.21 Å². The maximum atomic E-state index is 8.30. The second-order valence-corrected chi connectivity index (χ2v) is 3.24. The second kappa shape index (κ2) is 6.30. The molecule has 4 nitrogen and oxygen atoms in total. The zero-order valence-corrected chi connectivity index (χ0v) is 7.69. The molecule has 0 aromatic carbocycles. The molecule has 5 heteroatoms. The van der Waals surface area contributed by atoms with Crippen molar-refractivity contribution in [2.24, 2.45) is 10.7 Å². The standard InChI is InChI=1S/C6H15N3OS/c1-5(3-4-11-2)8-6(7)9-10/h5,10H,3-4H2,1-2H3,(H3,7,8,9). The van der Waals surface area contributed by atoms with Gasteiger partial charge in [0.1, 0.15) is 0 Å². The Hall–Kier alpha value is -0.420. The lowest BCUT2D eigenvalue weighted by Crippen LogP contribution is -2.29. The van der Waals surface area contributed by atoms with E-state index in [4.69, 9.17) is 10.9 Å². The fraction of sp³-hybridized carbons (Fsp3) is 0.833. The Balaban J connectivity index is 3.57. The van der Waals surface area contributed by atoms with E-state index in [1.807, 2.05) is 13.2 Å². The highest BCUT2D eigenvalue weighted by Crippen LogP contribution is 2.02. The largest absolute Gasteiger partial charge is 0.368 e. The molecule has 0 saturated heterocycles. The van der Waals surface area contributed by atoms with Crippen molar-refractivity contribution in [1.29, 1.82) is 0 Å². The minimum absolute atomic E-state index is 0.0820. The summed E-state index contributed by atoms with van der Waals surface area (Å²) in [7, 11) is 0. The van der Waals surface area contributed by atoms with Gasteiger partial charge in [-0.1, -0.05) is 0 Å². The average molecular weight is 177 g/mol. The van der Waals surface area contributed by atoms with Crippen LogP contribution in [-0.2, 0) is 0 Å². The molecular weight excluding hydrogens is 162 g/mol. The first-order valence-corrected chi connectivity index (χ1v) is 4.82. The number of thioether (sulfide) groups is 1. The van der Waals surface area contributed by atoms with E-state index in [1.54, 1.807) is 17.2 Å². The van der Waals surface area contributed by atoms with Crippen LogP contribution in [0.15, 0.2) is 4.99 Å². The summed E-state index contributed by atoms with van der Waals surface area (Å²) in [5.74, 6) is 1.14. The van der Waals surface area contributed by atoms with Crippen molar-refractivity contribution in [2.45, 2.75) is 19.4 Å². The van der Waals surface area contributed by atoms with E-state index in [-0.39, 0.29) is 12.0 Å². The lowest BCUT2D eigenvalue weighted by Gasteiger charge is -2.05. The van der Waals surface area contributed by atoms with Crippen LogP contribution in [0, 0.1) is 0 Å². The molecule has 0 heterocycles. The quantitative estimate of drug-likeness (QED) is 0.331. The molecule has 0 saturated carbocycles. The van der Waals surface area contributed by atoms with Crippen LogP contribution in [0.25, 0.3) is 0 Å². The van der Waals surface area contributed by atoms with E-state index in [2.05, 4.69) is 4.99 Å². The van der Waals surface area contributed by atoms with Crippen LogP contribution in [0.1, 0.15) is 13.3 Å². The van der Waals surface area contributed by atoms with Crippen LogP contribution in [0.2, 0.25) is 0 Å². The molecule has 1 unspecified atom stereocenters. The molecule has 0 fully saturated rings. The lowest BCUT2D eigenvalue weighted by atomic mass is 10.3. The minimum atomic E-state index is 0.0820. The maximum absolute atomic E-state index is 8.30. The summed E-state index contributed by atoms with van der Waals surface area (Å²) in [6, 6.07) is 0.169. The molecule has 1 atom stereocenters. The zero-order valence-electron chi connectivity index (χ0n) is 6.87. The summed E-state index contributed by atoms with van der Waals surface area (Å²) in [5, 5.41) is 8.30. The van der Waals surface area contributed by atoms with Gasteiger partial charge >= 0.3 is 0 Å². The van der Waals surface area contributed by atoms with Crippen LogP contribution in [-0.4, -0.2) is 29.2 Å². The number of guanidine groups is 1. The third-order valence-corrected chi connectivity index (χ3v) is 1.86. The highest BCUT2D eigenvalue weighted by atomic mass is 32.2. The smallest absolute Gasteiger partial charge is 0.213 e. The van der Waals surface area contributed by atoms with Crippen LogP contribution in [0.3, 0.4) is 0 Å². The normalized spacial score (nSPS) is 14.6. The molecule has 0 spiro atoms. The number of aliphatic imine (C=N–C) groups is 1. The van der Waals surface area contributed by atoms with Gasteiger partial charge in [-0.2, -0.15) is 11.8 Å². The molecule has 0 aliphatic heterocycles. The molecule has 4 N–H and O–H groups in total. The van der Waals surface area contributed by atoms with Crippen LogP contribution in [0.4, 0.5) is 0 Å². The van der Waals surface area contributed by atoms with Gasteiger partial charge in [0.2, 0.25) is 5.96 Å². The average Bonchev–Trinajstić information content (AvgIpc) is 2.00. The Morgan fingerprint density at radius 3 is 2.91 bits per heavy atom. The Labute approximate surface area is 71.2 Å². The van der Waals surface area contributed by atoms with Gasteiger partial charge < -0.3 is 5.73 Å². The molecule has 0 aliphatic rings. The summed E-state index contributed by atoms with van der Waals surface area (Å²) >= 11 is 1.77. The van der Waals surface area contributed by atoms with Gasteiger partial charge in [0.25, 0.3) is 0 Å². The van der Waals surface area contributed by atoms with Gasteiger partial charge in [0.05, 0.1) is 6.04 Å². The molecule has 66 valence electrons. The molecule has 0 aromatic rings. The van der Waals surface area contributed by atoms with Crippen molar-refractivity contribution < 1.29 is 5.21 Å². The third kappa shape index (κ3) is 6.00. The lowest BCUT2D eigenvalue weighted by molar-refractivity contribution is 0.232. The van der Waals surface area contributed by atoms with E-state index < -0.39 is 0 Å². The van der Waals surface area contributed by atoms with Crippen LogP contribution >= 0.6 is 11.8 Å². The molecule has 11 heavy (non-hydrogen) atoms. The summed E-state index contributed by atoms with van der Waals surface area (Å²) in [6.07, 6.45) is 3.02. The molecule has 0 amide bonds. The van der Waals surface area contributed by atoms with Crippen molar-refractivity contribution in [3.05, 3.63) is 0 Å². The monoisotopic (exact) mass is 177 g/mol. The number of nitrogens with zero attached hydrogens (tertiary/aromatic N) is 1. The number of hydroxylamine groups is 1. The first-order chi connectivity index (χ1) is 5.20. The summed E-state index contributed by atoms with van der Waals surface area (Å²) in [4.78, 5) is 3.95. The Kier molecular flexibility index (Phi) is 6.06. The Morgan fingerprint density at radius 1 is 1.82 bits per heavy atom. The summed E-state index contributed by atoms with van der Waals surface area (Å²) in [6.45, 7) is 1.96. The van der Waals surface area contributed by atoms with Crippen molar-refractivity contribution in [3.8, 4) is 0 Å². The first-order valence-electron chi connectivity index (χ1n) is 3.43. The molecule has 0 aromatic heterocycles. The first kappa shape index (κ1) is 10.6. The van der Waals surface area contributed by atoms with E-state index in [9.17, 15) is 0 Å². The predicted octanol–water partition coefficient (Wildman–Crippen LogP) is 0.421. The van der Waals surface area contributed by atoms with Crippen molar-refractivity contribution in [2.75, 3.05) is 12.0 Å². The van der Waals surface area contributed by atoms with Gasteiger partial charge in [-0.25, -0.2) is 10.5 Å². The van der Waals surface area contributed by atoms with Crippen molar-refractivity contribution in [3.63, 3.8) is 0 Å². The number of hydrogen-bond acceptors (Lipinski definition) is 3. The highest BCUT2D eigenvalue weighted by Gasteiger charge is 1.98. The van der Waals surface area contributed by atoms with Crippen molar-refractivity contribution in [1.82, 2.24) is 5.48 Å². The molecule has 0 rings (SSSR count). The number of nitrogens with one attached hydrogen (secondary N) is 1. The highest BCUT2D eigenvalue weighted by molar-refractivity contribution is 7.98. The fourth-order valence-corrected chi connectivity index (χ4v) is 1.20. The topological polar surface area (TPSA) is 70.6 Å². The van der Waals surface area contributed by atoms with Crippen LogP contribution in [0.5, 0.6) is 0 Å². The van der Waals surface area contributed by atoms with E-state index in [0.717, 1.165) is 12.2 Å². The SMILES string of the molecule is CSCCC(C)N=C(N)NO. The van der Waals surface area contributed by atoms with Gasteiger partial charge in [0, 0.05) is 0 Å². The van der Waals surface area contributed by atoms with Gasteiger partial charge in [-0.05, 0) is 25.4 Å². The second-order valence-electron chi connectivity index (χ2n) is 2.26. The number of hydrogen-bond donors (Lipinski definition) is 3. The minimum Gasteiger partial charge on any atom is -0.368 e. The summed E-state index contributed by atoms with van der Waals surface area (Å²) in [5.41, 5.74) is 7.02. The third-order valence-electron chi connectivity index (χ3n) is 1.21. The summed E-state index contributed by atoms with van der Waals surface area (Å²) < 4.78 is 0. The maximum Gasteiger partial charge on any atom is 0.213 e. The number of rotatable bonds is 4. The number of nitrogens with two attached hydrogens (primary N) is 1. The van der Waals surface area contributed by atoms with Crippen molar-refractivity contribution >= 4 is 17.7 Å². The van der Waals surface area contributed by atoms with E-state index in [1.165, 1.54) is 0 Å². The van der Waals surface area contributed by atoms with Gasteiger partial charge in [0.15, 0.2) is 0 Å². The Morgan fingerprint density at radius 2 is 2.45 bits per heavy atom. The fourth-order valence-electron chi connectivity index (χ4n) is 0.619. The Bertz CT molecular complexity index is 129. The molecule has 0 radical (unpaired) electrons. The van der Waals surface area contributed by atoms with E-state index >= 15 is 0 Å².